The van der Waals surface area contributed by atoms with Crippen LogP contribution in [-0.4, -0.2) is 69.1 Å². The Hall–Kier alpha value is -3.11. The highest BCUT2D eigenvalue weighted by molar-refractivity contribution is 5.92. The summed E-state index contributed by atoms with van der Waals surface area (Å²) in [6.45, 7) is 0.813. The molecule has 2 amide bonds. The number of carbonyl (C=O) groups excluding carboxylic acids is 2. The lowest BCUT2D eigenvalue weighted by Crippen LogP contribution is -2.54. The van der Waals surface area contributed by atoms with Gasteiger partial charge in [-0.1, -0.05) is 0 Å². The van der Waals surface area contributed by atoms with Crippen LogP contribution in [0.3, 0.4) is 0 Å². The molecule has 174 valence electrons. The zero-order valence-corrected chi connectivity index (χ0v) is 17.9. The van der Waals surface area contributed by atoms with Gasteiger partial charge in [-0.15, -0.1) is 0 Å². The highest BCUT2D eigenvalue weighted by Gasteiger charge is 2.37. The lowest BCUT2D eigenvalue weighted by Gasteiger charge is -2.28. The van der Waals surface area contributed by atoms with Gasteiger partial charge in [0.05, 0.1) is 6.04 Å². The number of nitrogens with zero attached hydrogens (tertiary/aromatic N) is 1. The van der Waals surface area contributed by atoms with Crippen molar-refractivity contribution in [2.75, 3.05) is 13.1 Å². The number of aromatic amines is 1. The average Bonchev–Trinajstić information content (AvgIpc) is 3.40. The van der Waals surface area contributed by atoms with E-state index in [0.29, 0.717) is 45.2 Å². The first kappa shape index (κ1) is 23.6. The summed E-state index contributed by atoms with van der Waals surface area (Å²) in [5, 5.41) is 22.7. The fourth-order valence-corrected chi connectivity index (χ4v) is 4.18. The third-order valence-electron chi connectivity index (χ3n) is 5.91. The predicted octanol–water partition coefficient (Wildman–Crippen LogP) is 0.433. The van der Waals surface area contributed by atoms with Gasteiger partial charge in [0.2, 0.25) is 11.8 Å². The Bertz CT molecular complexity index is 975. The third kappa shape index (κ3) is 5.38. The summed E-state index contributed by atoms with van der Waals surface area (Å²) in [5.41, 5.74) is 13.3. The molecule has 0 saturated carbocycles. The summed E-state index contributed by atoms with van der Waals surface area (Å²) >= 11 is 0. The number of aliphatic carboxylic acids is 1. The maximum Gasteiger partial charge on any atom is 0.326 e. The van der Waals surface area contributed by atoms with E-state index in [1.165, 1.54) is 4.90 Å². The van der Waals surface area contributed by atoms with Gasteiger partial charge in [-0.3, -0.25) is 9.59 Å². The summed E-state index contributed by atoms with van der Waals surface area (Å²) in [5.74, 6) is -1.82. The Morgan fingerprint density at radius 3 is 2.78 bits per heavy atom. The largest absolute Gasteiger partial charge is 0.508 e. The second-order valence-corrected chi connectivity index (χ2v) is 8.23. The van der Waals surface area contributed by atoms with E-state index < -0.39 is 35.9 Å². The molecule has 0 spiro atoms. The first-order chi connectivity index (χ1) is 15.3. The first-order valence-electron chi connectivity index (χ1n) is 10.9. The SMILES string of the molecule is NCCCC[C@H](NC(=O)[C@@H](N)Cc1c[nH]c2ccc(O)cc12)C(=O)N1CCC[C@H]1C(=O)O. The molecular formula is C22H31N5O5. The summed E-state index contributed by atoms with van der Waals surface area (Å²) in [6, 6.07) is 2.26. The summed E-state index contributed by atoms with van der Waals surface area (Å²) in [4.78, 5) is 41.8. The number of carboxylic acid groups (broad SMARTS) is 1. The van der Waals surface area contributed by atoms with Gasteiger partial charge in [0, 0.05) is 23.6 Å². The minimum atomic E-state index is -1.04. The molecule has 10 heteroatoms. The van der Waals surface area contributed by atoms with Crippen molar-refractivity contribution in [3.8, 4) is 5.75 Å². The van der Waals surface area contributed by atoms with Crippen molar-refractivity contribution in [2.24, 2.45) is 11.5 Å². The third-order valence-corrected chi connectivity index (χ3v) is 5.91. The molecule has 2 heterocycles. The molecule has 1 fully saturated rings. The molecular weight excluding hydrogens is 414 g/mol. The van der Waals surface area contributed by atoms with E-state index in [4.69, 9.17) is 11.5 Å². The number of unbranched alkanes of at least 4 members (excludes halogenated alkanes) is 1. The number of hydrogen-bond donors (Lipinski definition) is 6. The number of fused-ring (bicyclic) bond motifs is 1. The molecule has 8 N–H and O–H groups in total. The molecule has 3 atom stereocenters. The molecule has 1 aliphatic heterocycles. The molecule has 0 bridgehead atoms. The zero-order valence-electron chi connectivity index (χ0n) is 17.9. The Balaban J connectivity index is 1.70. The van der Waals surface area contributed by atoms with Crippen molar-refractivity contribution in [3.05, 3.63) is 30.0 Å². The highest BCUT2D eigenvalue weighted by Crippen LogP contribution is 2.24. The average molecular weight is 446 g/mol. The number of benzene rings is 1. The van der Waals surface area contributed by atoms with Crippen LogP contribution in [-0.2, 0) is 20.8 Å². The minimum Gasteiger partial charge on any atom is -0.508 e. The standard InChI is InChI=1S/C22H31N5O5/c23-8-2-1-4-18(21(30)27-9-3-5-19(27)22(31)32)26-20(29)16(24)10-13-12-25-17-7-6-14(28)11-15(13)17/h6-7,11-12,16,18-19,25,28H,1-5,8-10,23-24H2,(H,26,29)(H,31,32)/t16-,18-,19-/m0/s1. The number of rotatable bonds is 10. The second-order valence-electron chi connectivity index (χ2n) is 8.23. The summed E-state index contributed by atoms with van der Waals surface area (Å²) in [6.07, 6.45) is 4.63. The number of hydrogen-bond acceptors (Lipinski definition) is 6. The van der Waals surface area contributed by atoms with Crippen LogP contribution in [0.1, 0.15) is 37.7 Å². The lowest BCUT2D eigenvalue weighted by atomic mass is 10.0. The van der Waals surface area contributed by atoms with E-state index in [1.807, 2.05) is 0 Å². The molecule has 1 aliphatic rings. The fourth-order valence-electron chi connectivity index (χ4n) is 4.18. The molecule has 1 aromatic heterocycles. The summed E-state index contributed by atoms with van der Waals surface area (Å²) < 4.78 is 0. The van der Waals surface area contributed by atoms with Crippen LogP contribution in [0.5, 0.6) is 5.75 Å². The number of likely N-dealkylation sites (tertiary alicyclic amines) is 1. The number of amides is 2. The van der Waals surface area contributed by atoms with Gasteiger partial charge in [0.1, 0.15) is 17.8 Å². The highest BCUT2D eigenvalue weighted by atomic mass is 16.4. The van der Waals surface area contributed by atoms with Crippen LogP contribution in [0.4, 0.5) is 0 Å². The van der Waals surface area contributed by atoms with Crippen molar-refractivity contribution >= 4 is 28.7 Å². The van der Waals surface area contributed by atoms with Gasteiger partial charge < -0.3 is 36.9 Å². The van der Waals surface area contributed by atoms with E-state index in [0.717, 1.165) is 16.5 Å². The number of nitrogens with one attached hydrogen (secondary N) is 2. The molecule has 0 radical (unpaired) electrons. The van der Waals surface area contributed by atoms with Crippen LogP contribution < -0.4 is 16.8 Å². The van der Waals surface area contributed by atoms with E-state index in [1.54, 1.807) is 24.4 Å². The number of H-pyrrole nitrogens is 1. The van der Waals surface area contributed by atoms with Gasteiger partial charge in [-0.2, -0.15) is 0 Å². The van der Waals surface area contributed by atoms with Crippen LogP contribution >= 0.6 is 0 Å². The number of aromatic nitrogens is 1. The number of carbonyl (C=O) groups is 3. The normalized spacial score (nSPS) is 17.9. The number of aromatic hydroxyl groups is 1. The van der Waals surface area contributed by atoms with Crippen molar-refractivity contribution < 1.29 is 24.6 Å². The molecule has 0 unspecified atom stereocenters. The molecule has 1 saturated heterocycles. The zero-order chi connectivity index (χ0) is 23.3. The minimum absolute atomic E-state index is 0.112. The van der Waals surface area contributed by atoms with E-state index in [9.17, 15) is 24.6 Å². The number of nitrogens with two attached hydrogens (primary N) is 2. The van der Waals surface area contributed by atoms with Gasteiger partial charge in [0.25, 0.3) is 0 Å². The maximum atomic E-state index is 13.1. The van der Waals surface area contributed by atoms with Crippen LogP contribution in [0.25, 0.3) is 10.9 Å². The molecule has 3 rings (SSSR count). The maximum absolute atomic E-state index is 13.1. The smallest absolute Gasteiger partial charge is 0.326 e. The molecule has 10 nitrogen and oxygen atoms in total. The summed E-state index contributed by atoms with van der Waals surface area (Å²) in [7, 11) is 0. The Morgan fingerprint density at radius 1 is 1.28 bits per heavy atom. The molecule has 2 aromatic rings. The topological polar surface area (TPSA) is 175 Å². The van der Waals surface area contributed by atoms with Crippen molar-refractivity contribution in [3.63, 3.8) is 0 Å². The molecule has 32 heavy (non-hydrogen) atoms. The molecule has 1 aromatic carbocycles. The van der Waals surface area contributed by atoms with Gasteiger partial charge in [0.15, 0.2) is 0 Å². The van der Waals surface area contributed by atoms with Crippen LogP contribution in [0.15, 0.2) is 24.4 Å². The second kappa shape index (κ2) is 10.5. The Kier molecular flexibility index (Phi) is 7.70. The van der Waals surface area contributed by atoms with E-state index in [-0.39, 0.29) is 12.2 Å². The Labute approximate surface area is 185 Å². The number of phenols is 1. The predicted molar refractivity (Wildman–Crippen MR) is 119 cm³/mol. The van der Waals surface area contributed by atoms with Crippen molar-refractivity contribution in [2.45, 2.75) is 56.7 Å². The molecule has 0 aliphatic carbocycles. The number of phenolic OH excluding ortho intramolecular Hbond substituents is 1. The lowest BCUT2D eigenvalue weighted by molar-refractivity contribution is -0.149. The van der Waals surface area contributed by atoms with Gasteiger partial charge >= 0.3 is 5.97 Å². The van der Waals surface area contributed by atoms with Gasteiger partial charge in [-0.25, -0.2) is 4.79 Å². The monoisotopic (exact) mass is 445 g/mol. The van der Waals surface area contributed by atoms with Crippen molar-refractivity contribution in [1.29, 1.82) is 0 Å². The first-order valence-corrected chi connectivity index (χ1v) is 10.9. The van der Waals surface area contributed by atoms with Crippen LogP contribution in [0.2, 0.25) is 0 Å². The van der Waals surface area contributed by atoms with Crippen LogP contribution in [0, 0.1) is 0 Å². The van der Waals surface area contributed by atoms with Crippen molar-refractivity contribution in [1.82, 2.24) is 15.2 Å². The Morgan fingerprint density at radius 2 is 2.06 bits per heavy atom. The fraction of sp³-hybridized carbons (Fsp3) is 0.500. The van der Waals surface area contributed by atoms with E-state index >= 15 is 0 Å². The number of carboxylic acids is 1. The van der Waals surface area contributed by atoms with Gasteiger partial charge in [-0.05, 0) is 68.8 Å². The quantitative estimate of drug-likeness (QED) is 0.287. The van der Waals surface area contributed by atoms with E-state index in [2.05, 4.69) is 10.3 Å².